The number of carboxylic acids is 1. The first-order valence-corrected chi connectivity index (χ1v) is 8.18. The molecule has 0 saturated heterocycles. The van der Waals surface area contributed by atoms with E-state index in [4.69, 9.17) is 11.2 Å². The van der Waals surface area contributed by atoms with Crippen molar-refractivity contribution in [2.75, 3.05) is 0 Å². The predicted octanol–water partition coefficient (Wildman–Crippen LogP) is 4.27. The Morgan fingerprint density at radius 1 is 1.24 bits per heavy atom. The molecule has 0 saturated carbocycles. The van der Waals surface area contributed by atoms with Crippen molar-refractivity contribution in [3.63, 3.8) is 0 Å². The first-order chi connectivity index (χ1) is 11.6. The van der Waals surface area contributed by atoms with Gasteiger partial charge in [0, 0.05) is 5.56 Å². The van der Waals surface area contributed by atoms with Gasteiger partial charge in [-0.2, -0.15) is 0 Å². The minimum atomic E-state index is -1.08. The number of terminal acetylenes is 1. The van der Waals surface area contributed by atoms with Gasteiger partial charge in [0.05, 0.1) is 11.3 Å². The summed E-state index contributed by atoms with van der Waals surface area (Å²) in [6.07, 6.45) is 6.35. The van der Waals surface area contributed by atoms with Crippen molar-refractivity contribution in [3.8, 4) is 29.4 Å². The summed E-state index contributed by atoms with van der Waals surface area (Å²) in [6, 6.07) is 9.16. The summed E-state index contributed by atoms with van der Waals surface area (Å²) in [6.45, 7) is 8.60. The lowest BCUT2D eigenvalue weighted by Crippen LogP contribution is -2.41. The topological polar surface area (TPSA) is 59.4 Å². The molecule has 128 valence electrons. The van der Waals surface area contributed by atoms with E-state index in [1.54, 1.807) is 6.07 Å². The summed E-state index contributed by atoms with van der Waals surface area (Å²) in [4.78, 5) is 15.5. The monoisotopic (exact) mass is 335 g/mol. The summed E-state index contributed by atoms with van der Waals surface area (Å²) >= 11 is 0. The second kappa shape index (κ2) is 5.63. The molecule has 2 heterocycles. The highest BCUT2D eigenvalue weighted by Crippen LogP contribution is 2.45. The fraction of sp³-hybridized carbons (Fsp3) is 0.333. The molecule has 4 nitrogen and oxygen atoms in total. The zero-order chi connectivity index (χ0) is 18.4. The van der Waals surface area contributed by atoms with E-state index >= 15 is 0 Å². The number of fused-ring (bicyclic) bond motifs is 1. The number of nitrogens with zero attached hydrogens (tertiary/aromatic N) is 1. The van der Waals surface area contributed by atoms with Crippen LogP contribution in [-0.2, 0) is 5.41 Å². The third-order valence-electron chi connectivity index (χ3n) is 4.52. The van der Waals surface area contributed by atoms with Crippen LogP contribution in [0.5, 0.6) is 5.75 Å². The van der Waals surface area contributed by atoms with Crippen molar-refractivity contribution >= 4 is 5.97 Å². The highest BCUT2D eigenvalue weighted by Gasteiger charge is 2.38. The molecule has 2 aromatic rings. The lowest BCUT2D eigenvalue weighted by molar-refractivity contribution is 0.0534. The Labute approximate surface area is 147 Å². The van der Waals surface area contributed by atoms with Gasteiger partial charge in [0.25, 0.3) is 0 Å². The van der Waals surface area contributed by atoms with E-state index in [1.807, 2.05) is 12.1 Å². The number of aromatic carboxylic acids is 1. The van der Waals surface area contributed by atoms with Crippen LogP contribution in [0.2, 0.25) is 0 Å². The highest BCUT2D eigenvalue weighted by atomic mass is 16.5. The summed E-state index contributed by atoms with van der Waals surface area (Å²) in [7, 11) is 0. The molecule has 0 amide bonds. The third kappa shape index (κ3) is 3.10. The van der Waals surface area contributed by atoms with E-state index in [0.29, 0.717) is 5.69 Å². The molecular weight excluding hydrogens is 314 g/mol. The fourth-order valence-electron chi connectivity index (χ4n) is 3.72. The second-order valence-corrected chi connectivity index (χ2v) is 7.68. The summed E-state index contributed by atoms with van der Waals surface area (Å²) in [5.74, 6) is 2.11. The average Bonchev–Trinajstić information content (AvgIpc) is 2.51. The van der Waals surface area contributed by atoms with Crippen LogP contribution in [0.15, 0.2) is 30.3 Å². The number of pyridine rings is 1. The number of ether oxygens (including phenoxy) is 1. The van der Waals surface area contributed by atoms with Gasteiger partial charge in [-0.1, -0.05) is 26.0 Å². The minimum Gasteiger partial charge on any atom is -0.488 e. The Morgan fingerprint density at radius 2 is 1.96 bits per heavy atom. The predicted molar refractivity (Wildman–Crippen MR) is 96.9 cm³/mol. The number of aromatic nitrogens is 1. The van der Waals surface area contributed by atoms with E-state index < -0.39 is 5.97 Å². The Hall–Kier alpha value is -2.80. The van der Waals surface area contributed by atoms with Gasteiger partial charge < -0.3 is 9.84 Å². The highest BCUT2D eigenvalue weighted by molar-refractivity contribution is 5.90. The van der Waals surface area contributed by atoms with E-state index in [2.05, 4.69) is 44.7 Å². The van der Waals surface area contributed by atoms with Gasteiger partial charge in [-0.25, -0.2) is 9.78 Å². The lowest BCUT2D eigenvalue weighted by atomic mass is 9.73. The van der Waals surface area contributed by atoms with Gasteiger partial charge in [-0.3, -0.25) is 0 Å². The number of hydrogen-bond donors (Lipinski definition) is 1. The standard InChI is InChI=1S/C21H21NO3/c1-6-16-14(19(23)24)8-10-17(22-16)13-7-9-15-18(11-13)25-21(4,5)12-20(15,2)3/h1,7-11H,12H2,2-5H3,(H,23,24). The molecule has 0 bridgehead atoms. The molecule has 0 unspecified atom stereocenters. The van der Waals surface area contributed by atoms with Crippen LogP contribution in [0, 0.1) is 12.3 Å². The summed E-state index contributed by atoms with van der Waals surface area (Å²) in [5.41, 5.74) is 2.56. The maximum absolute atomic E-state index is 11.2. The minimum absolute atomic E-state index is 0.0141. The van der Waals surface area contributed by atoms with E-state index in [-0.39, 0.29) is 22.3 Å². The largest absolute Gasteiger partial charge is 0.488 e. The molecule has 0 spiro atoms. The molecule has 3 rings (SSSR count). The van der Waals surface area contributed by atoms with Crippen molar-refractivity contribution in [1.29, 1.82) is 0 Å². The van der Waals surface area contributed by atoms with Crippen molar-refractivity contribution in [3.05, 3.63) is 47.2 Å². The Balaban J connectivity index is 2.09. The molecule has 25 heavy (non-hydrogen) atoms. The zero-order valence-electron chi connectivity index (χ0n) is 14.9. The Bertz CT molecular complexity index is 904. The third-order valence-corrected chi connectivity index (χ3v) is 4.52. The first-order valence-electron chi connectivity index (χ1n) is 8.18. The van der Waals surface area contributed by atoms with E-state index in [9.17, 15) is 9.90 Å². The van der Waals surface area contributed by atoms with Crippen LogP contribution >= 0.6 is 0 Å². The molecule has 4 heteroatoms. The molecular formula is C21H21NO3. The molecule has 0 fully saturated rings. The van der Waals surface area contributed by atoms with Crippen LogP contribution in [0.4, 0.5) is 0 Å². The SMILES string of the molecule is C#Cc1nc(-c2ccc3c(c2)OC(C)(C)CC3(C)C)ccc1C(=O)O. The van der Waals surface area contributed by atoms with Gasteiger partial charge in [-0.15, -0.1) is 6.42 Å². The molecule has 0 radical (unpaired) electrons. The Morgan fingerprint density at radius 3 is 2.60 bits per heavy atom. The normalized spacial score (nSPS) is 17.1. The zero-order valence-corrected chi connectivity index (χ0v) is 14.9. The van der Waals surface area contributed by atoms with Gasteiger partial charge in [-0.05, 0) is 55.4 Å². The number of carbonyl (C=O) groups is 1. The molecule has 0 aliphatic carbocycles. The molecule has 1 aromatic heterocycles. The molecule has 1 aromatic carbocycles. The summed E-state index contributed by atoms with van der Waals surface area (Å²) < 4.78 is 6.17. The quantitative estimate of drug-likeness (QED) is 0.833. The van der Waals surface area contributed by atoms with Gasteiger partial charge in [0.15, 0.2) is 0 Å². The fourth-order valence-corrected chi connectivity index (χ4v) is 3.72. The molecule has 1 aliphatic rings. The van der Waals surface area contributed by atoms with Crippen molar-refractivity contribution in [2.45, 2.75) is 45.1 Å². The molecule has 0 atom stereocenters. The average molecular weight is 335 g/mol. The number of carboxylic acid groups (broad SMARTS) is 1. The first kappa shape index (κ1) is 17.0. The van der Waals surface area contributed by atoms with Crippen LogP contribution in [0.25, 0.3) is 11.3 Å². The maximum atomic E-state index is 11.2. The number of rotatable bonds is 2. The van der Waals surface area contributed by atoms with Crippen LogP contribution in [0.1, 0.15) is 55.7 Å². The second-order valence-electron chi connectivity index (χ2n) is 7.68. The van der Waals surface area contributed by atoms with Crippen molar-refractivity contribution in [2.24, 2.45) is 0 Å². The maximum Gasteiger partial charge on any atom is 0.338 e. The van der Waals surface area contributed by atoms with Gasteiger partial charge >= 0.3 is 5.97 Å². The van der Waals surface area contributed by atoms with Crippen LogP contribution < -0.4 is 4.74 Å². The molecule has 1 aliphatic heterocycles. The van der Waals surface area contributed by atoms with E-state index in [1.165, 1.54) is 6.07 Å². The number of benzene rings is 1. The smallest absolute Gasteiger partial charge is 0.338 e. The lowest BCUT2D eigenvalue weighted by Gasteiger charge is -2.42. The van der Waals surface area contributed by atoms with Crippen LogP contribution in [-0.4, -0.2) is 21.7 Å². The van der Waals surface area contributed by atoms with Gasteiger partial charge in [0.2, 0.25) is 0 Å². The van der Waals surface area contributed by atoms with Gasteiger partial charge in [0.1, 0.15) is 17.0 Å². The van der Waals surface area contributed by atoms with Crippen LogP contribution in [0.3, 0.4) is 0 Å². The Kier molecular flexibility index (Phi) is 3.84. The van der Waals surface area contributed by atoms with E-state index in [0.717, 1.165) is 23.3 Å². The number of hydrogen-bond acceptors (Lipinski definition) is 3. The van der Waals surface area contributed by atoms with Crippen molar-refractivity contribution in [1.82, 2.24) is 4.98 Å². The molecule has 1 N–H and O–H groups in total. The van der Waals surface area contributed by atoms with Crippen molar-refractivity contribution < 1.29 is 14.6 Å². The summed E-state index contributed by atoms with van der Waals surface area (Å²) in [5, 5.41) is 9.18.